The lowest BCUT2D eigenvalue weighted by atomic mass is 9.83. The predicted octanol–water partition coefficient (Wildman–Crippen LogP) is 4.22. The van der Waals surface area contributed by atoms with Crippen molar-refractivity contribution in [3.8, 4) is 29.1 Å². The van der Waals surface area contributed by atoms with Gasteiger partial charge < -0.3 is 9.47 Å². The quantitative estimate of drug-likeness (QED) is 0.716. The van der Waals surface area contributed by atoms with E-state index in [0.29, 0.717) is 18.6 Å². The highest BCUT2D eigenvalue weighted by molar-refractivity contribution is 6.05. The number of nitriles is 2. The van der Waals surface area contributed by atoms with Crippen molar-refractivity contribution >= 4 is 5.71 Å². The molecule has 0 amide bonds. The largest absolute Gasteiger partial charge is 0.484 e. The molecule has 0 aromatic heterocycles. The van der Waals surface area contributed by atoms with Gasteiger partial charge in [0.15, 0.2) is 0 Å². The van der Waals surface area contributed by atoms with Gasteiger partial charge in [0.05, 0.1) is 30.1 Å². The van der Waals surface area contributed by atoms with Gasteiger partial charge >= 0.3 is 0 Å². The minimum Gasteiger partial charge on any atom is -0.484 e. The van der Waals surface area contributed by atoms with Crippen LogP contribution in [-0.4, -0.2) is 24.0 Å². The van der Waals surface area contributed by atoms with Crippen LogP contribution in [0.3, 0.4) is 0 Å². The lowest BCUT2D eigenvalue weighted by Gasteiger charge is -2.42. The number of aliphatic imine (C=N–C) groups is 1. The van der Waals surface area contributed by atoms with E-state index in [2.05, 4.69) is 18.0 Å². The monoisotopic (exact) mass is 357 g/mol. The summed E-state index contributed by atoms with van der Waals surface area (Å²) < 4.78 is 12.2. The maximum Gasteiger partial charge on any atom is 0.205 e. The predicted molar refractivity (Wildman–Crippen MR) is 101 cm³/mol. The molecule has 5 heteroatoms. The smallest absolute Gasteiger partial charge is 0.205 e. The standard InChI is InChI=1S/C22H19N3O2/c1-15-7-8-22(13-26-15)11-20(25-14-24)19-10-18(5-6-21(19)27-22)17-4-2-3-16(9-17)12-23/h2-6,9-10,15H,7-8,11,13H2,1H3/t15-,22+/m1/s1. The Morgan fingerprint density at radius 3 is 2.74 bits per heavy atom. The first-order valence-corrected chi connectivity index (χ1v) is 9.04. The third kappa shape index (κ3) is 3.30. The molecule has 1 saturated heterocycles. The molecule has 2 atom stereocenters. The highest BCUT2D eigenvalue weighted by Gasteiger charge is 2.42. The molecule has 2 aromatic rings. The normalized spacial score (nSPS) is 25.3. The SMILES string of the molecule is C[C@@H]1CC[C@@]2(CO1)CC(=NC#N)c1cc(-c3cccc(C#N)c3)ccc1O2. The summed E-state index contributed by atoms with van der Waals surface area (Å²) in [6.45, 7) is 2.57. The van der Waals surface area contributed by atoms with Gasteiger partial charge in [0.2, 0.25) is 6.19 Å². The van der Waals surface area contributed by atoms with Crippen LogP contribution < -0.4 is 4.74 Å². The van der Waals surface area contributed by atoms with Crippen molar-refractivity contribution < 1.29 is 9.47 Å². The van der Waals surface area contributed by atoms with E-state index in [9.17, 15) is 5.26 Å². The summed E-state index contributed by atoms with van der Waals surface area (Å²) in [6, 6.07) is 15.5. The first-order chi connectivity index (χ1) is 13.1. The number of benzene rings is 2. The van der Waals surface area contributed by atoms with Gasteiger partial charge in [0.25, 0.3) is 0 Å². The van der Waals surface area contributed by atoms with Crippen molar-refractivity contribution in [3.63, 3.8) is 0 Å². The van der Waals surface area contributed by atoms with Crippen LogP contribution in [0.1, 0.15) is 37.3 Å². The number of rotatable bonds is 1. The Morgan fingerprint density at radius 2 is 2.00 bits per heavy atom. The van der Waals surface area contributed by atoms with Gasteiger partial charge in [0, 0.05) is 12.0 Å². The summed E-state index contributed by atoms with van der Waals surface area (Å²) in [5, 5.41) is 18.3. The van der Waals surface area contributed by atoms with Crippen molar-refractivity contribution in [2.24, 2.45) is 4.99 Å². The molecule has 1 spiro atoms. The van der Waals surface area contributed by atoms with Crippen LogP contribution in [0, 0.1) is 22.8 Å². The Hall–Kier alpha value is -3.15. The number of fused-ring (bicyclic) bond motifs is 1. The van der Waals surface area contributed by atoms with Crippen LogP contribution >= 0.6 is 0 Å². The Kier molecular flexibility index (Phi) is 4.39. The third-order valence-electron chi connectivity index (χ3n) is 5.25. The Balaban J connectivity index is 1.74. The molecular formula is C22H19N3O2. The molecule has 2 heterocycles. The first kappa shape index (κ1) is 17.3. The second-order valence-corrected chi connectivity index (χ2v) is 7.18. The summed E-state index contributed by atoms with van der Waals surface area (Å²) in [4.78, 5) is 4.10. The van der Waals surface area contributed by atoms with E-state index in [-0.39, 0.29) is 6.10 Å². The van der Waals surface area contributed by atoms with Crippen LogP contribution in [0.25, 0.3) is 11.1 Å². The molecule has 0 unspecified atom stereocenters. The average Bonchev–Trinajstić information content (AvgIpc) is 2.70. The highest BCUT2D eigenvalue weighted by Crippen LogP contribution is 2.40. The van der Waals surface area contributed by atoms with Crippen molar-refractivity contribution in [3.05, 3.63) is 53.6 Å². The van der Waals surface area contributed by atoms with E-state index in [1.54, 1.807) is 6.07 Å². The molecule has 1 fully saturated rings. The first-order valence-electron chi connectivity index (χ1n) is 9.04. The summed E-state index contributed by atoms with van der Waals surface area (Å²) >= 11 is 0. The molecule has 134 valence electrons. The van der Waals surface area contributed by atoms with E-state index < -0.39 is 5.60 Å². The van der Waals surface area contributed by atoms with Crippen LogP contribution in [0.5, 0.6) is 5.75 Å². The van der Waals surface area contributed by atoms with E-state index >= 15 is 0 Å². The topological polar surface area (TPSA) is 78.4 Å². The van der Waals surface area contributed by atoms with Crippen LogP contribution in [0.2, 0.25) is 0 Å². The lowest BCUT2D eigenvalue weighted by Crippen LogP contribution is -2.50. The summed E-state index contributed by atoms with van der Waals surface area (Å²) in [7, 11) is 0. The number of hydrogen-bond acceptors (Lipinski definition) is 5. The van der Waals surface area contributed by atoms with Gasteiger partial charge in [-0.15, -0.1) is 0 Å². The average molecular weight is 357 g/mol. The van der Waals surface area contributed by atoms with Crippen LogP contribution in [0.4, 0.5) is 0 Å². The molecule has 0 saturated carbocycles. The van der Waals surface area contributed by atoms with E-state index in [0.717, 1.165) is 41.0 Å². The Labute approximate surface area is 158 Å². The van der Waals surface area contributed by atoms with Crippen molar-refractivity contribution in [2.75, 3.05) is 6.61 Å². The fourth-order valence-electron chi connectivity index (χ4n) is 3.76. The zero-order chi connectivity index (χ0) is 18.9. The van der Waals surface area contributed by atoms with Gasteiger partial charge in [-0.25, -0.2) is 0 Å². The Bertz CT molecular complexity index is 989. The zero-order valence-electron chi connectivity index (χ0n) is 15.1. The van der Waals surface area contributed by atoms with Crippen molar-refractivity contribution in [1.82, 2.24) is 0 Å². The number of ether oxygens (including phenoxy) is 2. The zero-order valence-corrected chi connectivity index (χ0v) is 15.1. The second-order valence-electron chi connectivity index (χ2n) is 7.18. The molecule has 27 heavy (non-hydrogen) atoms. The van der Waals surface area contributed by atoms with Crippen LogP contribution in [-0.2, 0) is 4.74 Å². The number of hydrogen-bond donors (Lipinski definition) is 0. The molecule has 2 aliphatic rings. The molecule has 0 bridgehead atoms. The van der Waals surface area contributed by atoms with E-state index in [4.69, 9.17) is 14.7 Å². The third-order valence-corrected chi connectivity index (χ3v) is 5.25. The van der Waals surface area contributed by atoms with Crippen molar-refractivity contribution in [1.29, 1.82) is 10.5 Å². The van der Waals surface area contributed by atoms with Gasteiger partial charge in [-0.3, -0.25) is 0 Å². The van der Waals surface area contributed by atoms with E-state index in [1.807, 2.05) is 42.6 Å². The summed E-state index contributed by atoms with van der Waals surface area (Å²) in [5.74, 6) is 0.730. The van der Waals surface area contributed by atoms with Gasteiger partial charge in [0.1, 0.15) is 11.4 Å². The molecule has 5 nitrogen and oxygen atoms in total. The summed E-state index contributed by atoms with van der Waals surface area (Å²) in [5.41, 5.74) is 3.64. The van der Waals surface area contributed by atoms with Crippen molar-refractivity contribution in [2.45, 2.75) is 37.9 Å². The molecule has 2 aliphatic heterocycles. The molecule has 0 aliphatic carbocycles. The molecule has 0 N–H and O–H groups in total. The van der Waals surface area contributed by atoms with Gasteiger partial charge in [-0.1, -0.05) is 18.2 Å². The maximum absolute atomic E-state index is 9.18. The molecule has 0 radical (unpaired) electrons. The summed E-state index contributed by atoms with van der Waals surface area (Å²) in [6.07, 6.45) is 4.52. The molecule has 2 aromatic carbocycles. The Morgan fingerprint density at radius 1 is 1.15 bits per heavy atom. The molecule has 4 rings (SSSR count). The lowest BCUT2D eigenvalue weighted by molar-refractivity contribution is -0.0974. The minimum absolute atomic E-state index is 0.228. The number of nitrogens with zero attached hydrogens (tertiary/aromatic N) is 3. The molecular weight excluding hydrogens is 338 g/mol. The fourth-order valence-corrected chi connectivity index (χ4v) is 3.76. The fraction of sp³-hybridized carbons (Fsp3) is 0.318. The van der Waals surface area contributed by atoms with E-state index in [1.165, 1.54) is 0 Å². The second kappa shape index (κ2) is 6.87. The van der Waals surface area contributed by atoms with Gasteiger partial charge in [-0.05, 0) is 55.2 Å². The maximum atomic E-state index is 9.18. The highest BCUT2D eigenvalue weighted by atomic mass is 16.6. The minimum atomic E-state index is -0.447. The van der Waals surface area contributed by atoms with Crippen LogP contribution in [0.15, 0.2) is 47.5 Å². The van der Waals surface area contributed by atoms with Gasteiger partial charge in [-0.2, -0.15) is 15.5 Å².